The van der Waals surface area contributed by atoms with Gasteiger partial charge >= 0.3 is 0 Å². The van der Waals surface area contributed by atoms with Gasteiger partial charge in [0.15, 0.2) is 0 Å². The van der Waals surface area contributed by atoms with Gasteiger partial charge in [-0.05, 0) is 48.8 Å². The van der Waals surface area contributed by atoms with Crippen LogP contribution in [0.5, 0.6) is 0 Å². The number of carbonyl (C=O) groups is 3. The Morgan fingerprint density at radius 2 is 1.97 bits per heavy atom. The Morgan fingerprint density at radius 1 is 1.10 bits per heavy atom. The molecule has 0 aromatic heterocycles. The molecule has 1 aromatic rings. The van der Waals surface area contributed by atoms with Gasteiger partial charge in [0.25, 0.3) is 5.91 Å². The molecule has 160 valence electrons. The third-order valence-corrected chi connectivity index (χ3v) is 7.25. The Labute approximate surface area is 177 Å². The van der Waals surface area contributed by atoms with Crippen molar-refractivity contribution in [2.24, 2.45) is 5.92 Å². The molecule has 7 nitrogen and oxygen atoms in total. The van der Waals surface area contributed by atoms with Crippen molar-refractivity contribution in [3.05, 3.63) is 34.9 Å². The monoisotopic (exact) mass is 410 g/mol. The zero-order chi connectivity index (χ0) is 20.7. The lowest BCUT2D eigenvalue weighted by atomic mass is 9.85. The van der Waals surface area contributed by atoms with Gasteiger partial charge in [-0.1, -0.05) is 25.0 Å². The molecule has 1 aromatic carbocycles. The molecule has 2 saturated heterocycles. The molecule has 0 radical (unpaired) electrons. The molecule has 0 spiro atoms. The van der Waals surface area contributed by atoms with Crippen molar-refractivity contribution in [1.29, 1.82) is 0 Å². The number of rotatable bonds is 5. The highest BCUT2D eigenvalue weighted by molar-refractivity contribution is 6.05. The summed E-state index contributed by atoms with van der Waals surface area (Å²) in [5.41, 5.74) is 2.79. The number of amides is 3. The number of fused-ring (bicyclic) bond motifs is 2. The van der Waals surface area contributed by atoms with Crippen LogP contribution in [0.4, 0.5) is 0 Å². The largest absolute Gasteiger partial charge is 0.322 e. The predicted octanol–water partition coefficient (Wildman–Crippen LogP) is 1.46. The maximum atomic E-state index is 12.8. The summed E-state index contributed by atoms with van der Waals surface area (Å²) < 4.78 is 0. The van der Waals surface area contributed by atoms with Gasteiger partial charge in [-0.2, -0.15) is 0 Å². The van der Waals surface area contributed by atoms with Crippen LogP contribution in [-0.4, -0.2) is 47.3 Å². The van der Waals surface area contributed by atoms with Crippen molar-refractivity contribution in [2.45, 2.75) is 76.2 Å². The van der Waals surface area contributed by atoms with Crippen LogP contribution in [0.15, 0.2) is 18.2 Å². The average Bonchev–Trinajstić information content (AvgIpc) is 3.28. The molecule has 1 unspecified atom stereocenters. The van der Waals surface area contributed by atoms with Crippen molar-refractivity contribution in [3.63, 3.8) is 0 Å². The summed E-state index contributed by atoms with van der Waals surface area (Å²) in [4.78, 5) is 38.0. The number of nitrogens with zero attached hydrogens (tertiary/aromatic N) is 1. The minimum absolute atomic E-state index is 0.114. The van der Waals surface area contributed by atoms with Gasteiger partial charge in [-0.25, -0.2) is 0 Å². The van der Waals surface area contributed by atoms with E-state index in [0.29, 0.717) is 24.6 Å². The number of piperidine rings is 1. The molecule has 3 N–H and O–H groups in total. The van der Waals surface area contributed by atoms with E-state index in [-0.39, 0.29) is 24.1 Å². The molecule has 4 atom stereocenters. The Kier molecular flexibility index (Phi) is 5.33. The minimum Gasteiger partial charge on any atom is -0.322 e. The molecule has 7 heteroatoms. The lowest BCUT2D eigenvalue weighted by molar-refractivity contribution is -0.136. The molecule has 0 bridgehead atoms. The highest BCUT2D eigenvalue weighted by atomic mass is 16.2. The molecule has 3 aliphatic heterocycles. The van der Waals surface area contributed by atoms with Gasteiger partial charge in [-0.3, -0.25) is 19.7 Å². The average molecular weight is 411 g/mol. The summed E-state index contributed by atoms with van der Waals surface area (Å²) in [6, 6.07) is 6.67. The summed E-state index contributed by atoms with van der Waals surface area (Å²) >= 11 is 0. The maximum Gasteiger partial charge on any atom is 0.255 e. The van der Waals surface area contributed by atoms with Crippen molar-refractivity contribution >= 4 is 17.7 Å². The van der Waals surface area contributed by atoms with Gasteiger partial charge < -0.3 is 15.5 Å². The van der Waals surface area contributed by atoms with E-state index in [0.717, 1.165) is 36.2 Å². The second kappa shape index (κ2) is 8.12. The fourth-order valence-electron chi connectivity index (χ4n) is 5.72. The highest BCUT2D eigenvalue weighted by Crippen LogP contribution is 2.33. The van der Waals surface area contributed by atoms with Crippen molar-refractivity contribution in [2.75, 3.05) is 6.54 Å². The predicted molar refractivity (Wildman–Crippen MR) is 111 cm³/mol. The number of imide groups is 1. The summed E-state index contributed by atoms with van der Waals surface area (Å²) in [7, 11) is 0. The quantitative estimate of drug-likeness (QED) is 0.640. The van der Waals surface area contributed by atoms with Crippen LogP contribution < -0.4 is 16.0 Å². The molecule has 3 fully saturated rings. The van der Waals surface area contributed by atoms with Crippen LogP contribution in [0.2, 0.25) is 0 Å². The van der Waals surface area contributed by atoms with Crippen LogP contribution in [0.3, 0.4) is 0 Å². The topological polar surface area (TPSA) is 90.5 Å². The van der Waals surface area contributed by atoms with Crippen LogP contribution in [0.1, 0.15) is 66.4 Å². The summed E-state index contributed by atoms with van der Waals surface area (Å²) in [6.45, 7) is 2.17. The molecule has 5 rings (SSSR count). The van der Waals surface area contributed by atoms with Crippen LogP contribution in [0, 0.1) is 5.92 Å². The van der Waals surface area contributed by atoms with Gasteiger partial charge in [0.05, 0.1) is 0 Å². The van der Waals surface area contributed by atoms with E-state index in [1.54, 1.807) is 4.90 Å². The van der Waals surface area contributed by atoms with Gasteiger partial charge in [0.1, 0.15) is 6.04 Å². The molecule has 1 saturated carbocycles. The van der Waals surface area contributed by atoms with E-state index >= 15 is 0 Å². The standard InChI is InChI=1S/C23H30N4O3/c28-21-8-7-20(22(29)26-21)27-13-16-9-14(5-6-18(16)23(27)30)11-24-12-17-10-15-3-1-2-4-19(15)25-17/h5-6,9,15,17,19-20,24-25H,1-4,7-8,10-13H2,(H,26,28,29)/t15-,17-,19-,20?/m0/s1. The van der Waals surface area contributed by atoms with Crippen LogP contribution >= 0.6 is 0 Å². The van der Waals surface area contributed by atoms with Gasteiger partial charge in [0.2, 0.25) is 11.8 Å². The molecule has 3 amide bonds. The normalized spacial score (nSPS) is 30.9. The van der Waals surface area contributed by atoms with Crippen LogP contribution in [-0.2, 0) is 22.7 Å². The maximum absolute atomic E-state index is 12.8. The number of carbonyl (C=O) groups excluding carboxylic acids is 3. The van der Waals surface area contributed by atoms with E-state index in [1.165, 1.54) is 32.1 Å². The Bertz CT molecular complexity index is 856. The number of hydrogen-bond donors (Lipinski definition) is 3. The number of benzene rings is 1. The first-order valence-electron chi connectivity index (χ1n) is 11.3. The first kappa shape index (κ1) is 19.7. The highest BCUT2D eigenvalue weighted by Gasteiger charge is 2.39. The van der Waals surface area contributed by atoms with Crippen molar-refractivity contribution in [3.8, 4) is 0 Å². The lowest BCUT2D eigenvalue weighted by Gasteiger charge is -2.29. The number of nitrogens with one attached hydrogen (secondary N) is 3. The van der Waals surface area contributed by atoms with Crippen molar-refractivity contribution in [1.82, 2.24) is 20.9 Å². The molecule has 1 aliphatic carbocycles. The Hall–Kier alpha value is -2.25. The smallest absolute Gasteiger partial charge is 0.255 e. The van der Waals surface area contributed by atoms with E-state index < -0.39 is 6.04 Å². The first-order valence-corrected chi connectivity index (χ1v) is 11.3. The Balaban J connectivity index is 1.17. The molecular weight excluding hydrogens is 380 g/mol. The third kappa shape index (κ3) is 3.76. The first-order chi connectivity index (χ1) is 14.6. The third-order valence-electron chi connectivity index (χ3n) is 7.25. The second-order valence-electron chi connectivity index (χ2n) is 9.27. The van der Waals surface area contributed by atoms with E-state index in [4.69, 9.17) is 0 Å². The zero-order valence-corrected chi connectivity index (χ0v) is 17.3. The SMILES string of the molecule is O=C1CCC(N2Cc3cc(CNC[C@@H]4C[C@@H]5CCCC[C@@H]5N4)ccc3C2=O)C(=O)N1. The lowest BCUT2D eigenvalue weighted by Crippen LogP contribution is -2.52. The molecule has 3 heterocycles. The summed E-state index contributed by atoms with van der Waals surface area (Å²) in [5, 5.41) is 9.73. The van der Waals surface area contributed by atoms with Crippen molar-refractivity contribution < 1.29 is 14.4 Å². The van der Waals surface area contributed by atoms with Gasteiger partial charge in [-0.15, -0.1) is 0 Å². The van der Waals surface area contributed by atoms with Gasteiger partial charge in [0, 0.05) is 43.7 Å². The summed E-state index contributed by atoms with van der Waals surface area (Å²) in [5.74, 6) is 0.121. The van der Waals surface area contributed by atoms with E-state index in [1.807, 2.05) is 12.1 Å². The fourth-order valence-corrected chi connectivity index (χ4v) is 5.72. The summed E-state index contributed by atoms with van der Waals surface area (Å²) in [6.07, 6.45) is 7.39. The van der Waals surface area contributed by atoms with E-state index in [2.05, 4.69) is 22.0 Å². The van der Waals surface area contributed by atoms with Crippen LogP contribution in [0.25, 0.3) is 0 Å². The Morgan fingerprint density at radius 3 is 2.80 bits per heavy atom. The minimum atomic E-state index is -0.554. The second-order valence-corrected chi connectivity index (χ2v) is 9.27. The number of hydrogen-bond acceptors (Lipinski definition) is 5. The van der Waals surface area contributed by atoms with E-state index in [9.17, 15) is 14.4 Å². The molecular formula is C23H30N4O3. The fraction of sp³-hybridized carbons (Fsp3) is 0.609. The molecule has 4 aliphatic rings. The molecule has 30 heavy (non-hydrogen) atoms. The zero-order valence-electron chi connectivity index (χ0n) is 17.3.